The molecule has 2 heterocycles. The molecule has 0 bridgehead atoms. The van der Waals surface area contributed by atoms with E-state index < -0.39 is 11.6 Å². The first-order valence-electron chi connectivity index (χ1n) is 7.07. The summed E-state index contributed by atoms with van der Waals surface area (Å²) in [6.07, 6.45) is 2.37. The molecule has 0 aromatic carbocycles. The minimum atomic E-state index is -0.447. The minimum Gasteiger partial charge on any atom is -0.462 e. The number of pyridine rings is 1. The van der Waals surface area contributed by atoms with Crippen LogP contribution in [0.3, 0.4) is 0 Å². The molecule has 7 nitrogen and oxygen atoms in total. The fraction of sp³-hybridized carbons (Fsp3) is 0.500. The summed E-state index contributed by atoms with van der Waals surface area (Å²) in [5.41, 5.74) is 0.500. The summed E-state index contributed by atoms with van der Waals surface area (Å²) >= 11 is 5.90. The fourth-order valence-electron chi connectivity index (χ4n) is 2.81. The number of anilines is 1. The Morgan fingerprint density at radius 1 is 1.64 bits per heavy atom. The summed E-state index contributed by atoms with van der Waals surface area (Å²) in [6.45, 7) is 2.55. The van der Waals surface area contributed by atoms with E-state index in [1.165, 1.54) is 6.20 Å². The van der Waals surface area contributed by atoms with Crippen molar-refractivity contribution in [1.29, 1.82) is 0 Å². The van der Waals surface area contributed by atoms with Gasteiger partial charge in [-0.05, 0) is 13.0 Å². The van der Waals surface area contributed by atoms with Crippen LogP contribution in [0.2, 0.25) is 5.15 Å². The predicted octanol–water partition coefficient (Wildman–Crippen LogP) is 1.96. The van der Waals surface area contributed by atoms with Crippen molar-refractivity contribution < 1.29 is 19.1 Å². The number of rotatable bonds is 4. The van der Waals surface area contributed by atoms with Gasteiger partial charge in [0.2, 0.25) is 0 Å². The van der Waals surface area contributed by atoms with Crippen molar-refractivity contribution >= 4 is 29.4 Å². The molecule has 2 aliphatic rings. The van der Waals surface area contributed by atoms with Crippen LogP contribution in [-0.2, 0) is 9.47 Å². The SMILES string of the molecule is CCOC(=O)c1cnc(Cl)cc1NC1CC2(CNC(=O)O2)C1. The molecule has 0 unspecified atom stereocenters. The number of ether oxygens (including phenoxy) is 2. The van der Waals surface area contributed by atoms with Crippen LogP contribution in [0.4, 0.5) is 10.5 Å². The van der Waals surface area contributed by atoms with Gasteiger partial charge in [0.25, 0.3) is 0 Å². The molecule has 1 aromatic heterocycles. The average Bonchev–Trinajstić information content (AvgIpc) is 2.81. The molecule has 2 N–H and O–H groups in total. The molecule has 8 heteroatoms. The van der Waals surface area contributed by atoms with Crippen molar-refractivity contribution in [2.75, 3.05) is 18.5 Å². The predicted molar refractivity (Wildman–Crippen MR) is 79.1 cm³/mol. The molecule has 1 aliphatic heterocycles. The second-order valence-corrected chi connectivity index (χ2v) is 5.84. The highest BCUT2D eigenvalue weighted by atomic mass is 35.5. The Balaban J connectivity index is 1.69. The molecule has 0 atom stereocenters. The third kappa shape index (κ3) is 2.81. The summed E-state index contributed by atoms with van der Waals surface area (Å²) in [6, 6.07) is 1.69. The van der Waals surface area contributed by atoms with Crippen LogP contribution in [-0.4, -0.2) is 41.8 Å². The van der Waals surface area contributed by atoms with Gasteiger partial charge in [-0.25, -0.2) is 14.6 Å². The van der Waals surface area contributed by atoms with Crippen LogP contribution in [0.5, 0.6) is 0 Å². The number of nitrogens with one attached hydrogen (secondary N) is 2. The van der Waals surface area contributed by atoms with Crippen molar-refractivity contribution in [3.05, 3.63) is 23.0 Å². The van der Waals surface area contributed by atoms with Crippen molar-refractivity contribution in [3.8, 4) is 0 Å². The van der Waals surface area contributed by atoms with Gasteiger partial charge in [0.15, 0.2) is 0 Å². The molecule has 1 saturated heterocycles. The van der Waals surface area contributed by atoms with Crippen LogP contribution in [0.25, 0.3) is 0 Å². The second kappa shape index (κ2) is 5.64. The average molecular weight is 326 g/mol. The van der Waals surface area contributed by atoms with Crippen molar-refractivity contribution in [2.45, 2.75) is 31.4 Å². The lowest BCUT2D eigenvalue weighted by Crippen LogP contribution is -2.53. The third-order valence-corrected chi connectivity index (χ3v) is 4.03. The summed E-state index contributed by atoms with van der Waals surface area (Å²) in [5.74, 6) is -0.447. The standard InChI is InChI=1S/C14H16ClN3O4/c1-2-21-12(19)9-6-16-11(15)3-10(9)18-8-4-14(5-8)7-17-13(20)22-14/h3,6,8H,2,4-5,7H2,1H3,(H,16,18)(H,17,20). The molecule has 1 amide bonds. The highest BCUT2D eigenvalue weighted by molar-refractivity contribution is 6.29. The third-order valence-electron chi connectivity index (χ3n) is 3.83. The van der Waals surface area contributed by atoms with Gasteiger partial charge in [-0.3, -0.25) is 0 Å². The van der Waals surface area contributed by atoms with E-state index in [2.05, 4.69) is 15.6 Å². The number of amides is 1. The van der Waals surface area contributed by atoms with Crippen LogP contribution in [0.1, 0.15) is 30.1 Å². The van der Waals surface area contributed by atoms with Gasteiger partial charge < -0.3 is 20.1 Å². The topological polar surface area (TPSA) is 89.5 Å². The summed E-state index contributed by atoms with van der Waals surface area (Å²) in [5, 5.41) is 6.20. The number of hydrogen-bond donors (Lipinski definition) is 2. The highest BCUT2D eigenvalue weighted by Crippen LogP contribution is 2.40. The quantitative estimate of drug-likeness (QED) is 0.650. The Hall–Kier alpha value is -2.02. The maximum Gasteiger partial charge on any atom is 0.407 e. The van der Waals surface area contributed by atoms with E-state index >= 15 is 0 Å². The second-order valence-electron chi connectivity index (χ2n) is 5.45. The maximum absolute atomic E-state index is 11.9. The number of halogens is 1. The van der Waals surface area contributed by atoms with Gasteiger partial charge in [-0.1, -0.05) is 11.6 Å². The van der Waals surface area contributed by atoms with Gasteiger partial charge in [0.05, 0.1) is 18.8 Å². The Bertz CT molecular complexity index is 616. The number of carbonyl (C=O) groups excluding carboxylic acids is 2. The van der Waals surface area contributed by atoms with Crippen LogP contribution in [0.15, 0.2) is 12.3 Å². The van der Waals surface area contributed by atoms with E-state index in [4.69, 9.17) is 21.1 Å². The molecule has 1 aliphatic carbocycles. The number of hydrogen-bond acceptors (Lipinski definition) is 6. The summed E-state index contributed by atoms with van der Waals surface area (Å²) < 4.78 is 10.3. The zero-order valence-corrected chi connectivity index (χ0v) is 12.8. The van der Waals surface area contributed by atoms with E-state index in [0.29, 0.717) is 35.8 Å². The Morgan fingerprint density at radius 3 is 3.05 bits per heavy atom. The lowest BCUT2D eigenvalue weighted by atomic mass is 9.75. The maximum atomic E-state index is 11.9. The molecule has 1 saturated carbocycles. The Kier molecular flexibility index (Phi) is 3.82. The first-order chi connectivity index (χ1) is 10.5. The van der Waals surface area contributed by atoms with Gasteiger partial charge >= 0.3 is 12.1 Å². The number of aromatic nitrogens is 1. The van der Waals surface area contributed by atoms with Crippen LogP contribution in [0, 0.1) is 0 Å². The van der Waals surface area contributed by atoms with E-state index in [1.54, 1.807) is 13.0 Å². The molecule has 22 heavy (non-hydrogen) atoms. The molecule has 3 rings (SSSR count). The summed E-state index contributed by atoms with van der Waals surface area (Å²) in [7, 11) is 0. The highest BCUT2D eigenvalue weighted by Gasteiger charge is 2.51. The van der Waals surface area contributed by atoms with Crippen molar-refractivity contribution in [2.24, 2.45) is 0 Å². The molecule has 1 spiro atoms. The largest absolute Gasteiger partial charge is 0.462 e. The molecule has 1 aromatic rings. The van der Waals surface area contributed by atoms with E-state index in [9.17, 15) is 9.59 Å². The lowest BCUT2D eigenvalue weighted by Gasteiger charge is -2.43. The monoisotopic (exact) mass is 325 g/mol. The number of nitrogens with zero attached hydrogens (tertiary/aromatic N) is 1. The Labute approximate surface area is 132 Å². The molecular weight excluding hydrogens is 310 g/mol. The van der Waals surface area contributed by atoms with Gasteiger partial charge in [-0.2, -0.15) is 0 Å². The number of carbonyl (C=O) groups is 2. The van der Waals surface area contributed by atoms with E-state index in [-0.39, 0.29) is 18.7 Å². The van der Waals surface area contributed by atoms with Gasteiger partial charge in [0, 0.05) is 25.1 Å². The first kappa shape index (κ1) is 14.9. The van der Waals surface area contributed by atoms with Gasteiger partial charge in [-0.15, -0.1) is 0 Å². The first-order valence-corrected chi connectivity index (χ1v) is 7.45. The van der Waals surface area contributed by atoms with E-state index in [1.807, 2.05) is 0 Å². The Morgan fingerprint density at radius 2 is 2.41 bits per heavy atom. The number of esters is 1. The zero-order valence-electron chi connectivity index (χ0n) is 12.0. The lowest BCUT2D eigenvalue weighted by molar-refractivity contribution is -0.0146. The van der Waals surface area contributed by atoms with Crippen molar-refractivity contribution in [1.82, 2.24) is 10.3 Å². The van der Waals surface area contributed by atoms with Crippen molar-refractivity contribution in [3.63, 3.8) is 0 Å². The van der Waals surface area contributed by atoms with Gasteiger partial charge in [0.1, 0.15) is 16.3 Å². The van der Waals surface area contributed by atoms with Crippen LogP contribution >= 0.6 is 11.6 Å². The van der Waals surface area contributed by atoms with Crippen LogP contribution < -0.4 is 10.6 Å². The zero-order chi connectivity index (χ0) is 15.7. The smallest absolute Gasteiger partial charge is 0.407 e. The molecule has 0 radical (unpaired) electrons. The number of alkyl carbamates (subject to hydrolysis) is 1. The fourth-order valence-corrected chi connectivity index (χ4v) is 2.97. The summed E-state index contributed by atoms with van der Waals surface area (Å²) in [4.78, 5) is 27.0. The molecule has 118 valence electrons. The minimum absolute atomic E-state index is 0.0966. The normalized spacial score (nSPS) is 26.1. The molecule has 2 fully saturated rings. The molecular formula is C14H16ClN3O4. The van der Waals surface area contributed by atoms with E-state index in [0.717, 1.165) is 0 Å².